The largest absolute Gasteiger partial charge is 0.497 e. The minimum atomic E-state index is -0.341. The third-order valence-corrected chi connectivity index (χ3v) is 3.53. The van der Waals surface area contributed by atoms with Gasteiger partial charge in [-0.15, -0.1) is 0 Å². The molecule has 0 radical (unpaired) electrons. The molecule has 0 saturated carbocycles. The zero-order chi connectivity index (χ0) is 16.7. The maximum atomic E-state index is 12.5. The van der Waals surface area contributed by atoms with Crippen molar-refractivity contribution in [2.24, 2.45) is 5.92 Å². The predicted octanol–water partition coefficient (Wildman–Crippen LogP) is 2.28. The second kappa shape index (κ2) is 8.41. The lowest BCUT2D eigenvalue weighted by molar-refractivity contribution is -0.146. The van der Waals surface area contributed by atoms with E-state index in [9.17, 15) is 9.59 Å². The molecule has 1 unspecified atom stereocenters. The van der Waals surface area contributed by atoms with Gasteiger partial charge in [-0.2, -0.15) is 0 Å². The van der Waals surface area contributed by atoms with Gasteiger partial charge in [-0.3, -0.25) is 9.59 Å². The molecule has 122 valence electrons. The first-order chi connectivity index (χ1) is 10.4. The summed E-state index contributed by atoms with van der Waals surface area (Å²) in [6, 6.07) is 7.44. The van der Waals surface area contributed by atoms with Crippen molar-refractivity contribution in [1.82, 2.24) is 4.90 Å². The number of esters is 1. The highest BCUT2D eigenvalue weighted by Gasteiger charge is 2.23. The van der Waals surface area contributed by atoms with E-state index in [1.807, 2.05) is 38.1 Å². The van der Waals surface area contributed by atoms with Crippen LogP contribution >= 0.6 is 0 Å². The molecule has 1 atom stereocenters. The summed E-state index contributed by atoms with van der Waals surface area (Å²) in [5, 5.41) is 0. The smallest absolute Gasteiger partial charge is 0.310 e. The Balaban J connectivity index is 2.74. The van der Waals surface area contributed by atoms with Gasteiger partial charge < -0.3 is 14.4 Å². The van der Waals surface area contributed by atoms with E-state index < -0.39 is 0 Å². The van der Waals surface area contributed by atoms with Crippen molar-refractivity contribution < 1.29 is 19.1 Å². The van der Waals surface area contributed by atoms with Gasteiger partial charge in [0.15, 0.2) is 0 Å². The van der Waals surface area contributed by atoms with Crippen LogP contribution in [0.5, 0.6) is 5.75 Å². The molecule has 0 heterocycles. The third kappa shape index (κ3) is 5.06. The van der Waals surface area contributed by atoms with Gasteiger partial charge in [-0.05, 0) is 31.5 Å². The molecule has 5 nitrogen and oxygen atoms in total. The van der Waals surface area contributed by atoms with E-state index in [0.717, 1.165) is 11.3 Å². The Morgan fingerprint density at radius 2 is 1.68 bits per heavy atom. The van der Waals surface area contributed by atoms with E-state index in [1.165, 1.54) is 7.11 Å². The first-order valence-electron chi connectivity index (χ1n) is 7.39. The van der Waals surface area contributed by atoms with Gasteiger partial charge >= 0.3 is 5.97 Å². The van der Waals surface area contributed by atoms with Crippen molar-refractivity contribution in [3.8, 4) is 5.75 Å². The molecule has 1 aromatic rings. The van der Waals surface area contributed by atoms with Crippen molar-refractivity contribution in [2.45, 2.75) is 33.2 Å². The quantitative estimate of drug-likeness (QED) is 0.725. The number of carbonyl (C=O) groups excluding carboxylic acids is 2. The average Bonchev–Trinajstić information content (AvgIpc) is 2.51. The summed E-state index contributed by atoms with van der Waals surface area (Å²) in [6.45, 7) is 6.01. The summed E-state index contributed by atoms with van der Waals surface area (Å²) in [4.78, 5) is 25.8. The molecule has 1 amide bonds. The van der Waals surface area contributed by atoms with Crippen LogP contribution in [0.1, 0.15) is 26.3 Å². The Bertz CT molecular complexity index is 496. The molecule has 0 bridgehead atoms. The monoisotopic (exact) mass is 307 g/mol. The highest BCUT2D eigenvalue weighted by atomic mass is 16.5. The number of carbonyl (C=O) groups is 2. The molecule has 0 aliphatic carbocycles. The minimum absolute atomic E-state index is 0.00378. The molecule has 0 fully saturated rings. The number of hydrogen-bond donors (Lipinski definition) is 0. The first kappa shape index (κ1) is 18.0. The van der Waals surface area contributed by atoms with Crippen molar-refractivity contribution in [3.63, 3.8) is 0 Å². The molecular weight excluding hydrogens is 282 g/mol. The van der Waals surface area contributed by atoms with Crippen molar-refractivity contribution in [3.05, 3.63) is 29.8 Å². The summed E-state index contributed by atoms with van der Waals surface area (Å²) < 4.78 is 9.83. The lowest BCUT2D eigenvalue weighted by Crippen LogP contribution is -2.42. The van der Waals surface area contributed by atoms with E-state index >= 15 is 0 Å². The topological polar surface area (TPSA) is 55.8 Å². The van der Waals surface area contributed by atoms with Crippen molar-refractivity contribution in [1.29, 1.82) is 0 Å². The minimum Gasteiger partial charge on any atom is -0.497 e. The molecule has 0 aliphatic heterocycles. The molecule has 0 N–H and O–H groups in total. The summed E-state index contributed by atoms with van der Waals surface area (Å²) in [5.41, 5.74) is 0.919. The van der Waals surface area contributed by atoms with Crippen LogP contribution in [0, 0.1) is 5.92 Å². The van der Waals surface area contributed by atoms with Gasteiger partial charge in [0.05, 0.1) is 26.6 Å². The Kier molecular flexibility index (Phi) is 6.89. The van der Waals surface area contributed by atoms with Crippen LogP contribution < -0.4 is 4.74 Å². The molecule has 0 saturated heterocycles. The standard InChI is InChI=1S/C17H25NO4/c1-12(2)18(11-13(3)17(20)22-5)16(19)10-14-6-8-15(21-4)9-7-14/h6-9,12-13H,10-11H2,1-5H3. The number of ether oxygens (including phenoxy) is 2. The number of rotatable bonds is 7. The Morgan fingerprint density at radius 3 is 2.14 bits per heavy atom. The molecule has 0 spiro atoms. The maximum Gasteiger partial charge on any atom is 0.310 e. The van der Waals surface area contributed by atoms with Gasteiger partial charge in [0, 0.05) is 12.6 Å². The normalized spacial score (nSPS) is 11.9. The predicted molar refractivity (Wildman–Crippen MR) is 84.7 cm³/mol. The lowest BCUT2D eigenvalue weighted by Gasteiger charge is -2.29. The summed E-state index contributed by atoms with van der Waals surface area (Å²) in [6.07, 6.45) is 0.302. The summed E-state index contributed by atoms with van der Waals surface area (Å²) >= 11 is 0. The number of amides is 1. The number of nitrogens with zero attached hydrogens (tertiary/aromatic N) is 1. The number of hydrogen-bond acceptors (Lipinski definition) is 4. The lowest BCUT2D eigenvalue weighted by atomic mass is 10.1. The van der Waals surface area contributed by atoms with Crippen LogP contribution in [-0.4, -0.2) is 43.6 Å². The van der Waals surface area contributed by atoms with E-state index in [2.05, 4.69) is 0 Å². The van der Waals surface area contributed by atoms with Crippen LogP contribution in [0.2, 0.25) is 0 Å². The van der Waals surface area contributed by atoms with E-state index in [1.54, 1.807) is 18.9 Å². The van der Waals surface area contributed by atoms with Crippen LogP contribution in [0.3, 0.4) is 0 Å². The van der Waals surface area contributed by atoms with Crippen LogP contribution in [0.15, 0.2) is 24.3 Å². The fraction of sp³-hybridized carbons (Fsp3) is 0.529. The van der Waals surface area contributed by atoms with Crippen molar-refractivity contribution in [2.75, 3.05) is 20.8 Å². The molecule has 0 aliphatic rings. The van der Waals surface area contributed by atoms with Crippen LogP contribution in [0.25, 0.3) is 0 Å². The second-order valence-corrected chi connectivity index (χ2v) is 5.59. The van der Waals surface area contributed by atoms with Gasteiger partial charge in [0.2, 0.25) is 5.91 Å². The molecule has 1 rings (SSSR count). The highest BCUT2D eigenvalue weighted by molar-refractivity contribution is 5.80. The van der Waals surface area contributed by atoms with Gasteiger partial charge in [0.1, 0.15) is 5.75 Å². The van der Waals surface area contributed by atoms with E-state index in [4.69, 9.17) is 9.47 Å². The molecule has 5 heteroatoms. The number of benzene rings is 1. The zero-order valence-electron chi connectivity index (χ0n) is 14.0. The summed E-state index contributed by atoms with van der Waals surface area (Å²) in [7, 11) is 2.96. The fourth-order valence-electron chi connectivity index (χ4n) is 2.19. The molecular formula is C17H25NO4. The average molecular weight is 307 g/mol. The summed E-state index contributed by atoms with van der Waals surface area (Å²) in [5.74, 6) is 0.113. The first-order valence-corrected chi connectivity index (χ1v) is 7.39. The Morgan fingerprint density at radius 1 is 1.09 bits per heavy atom. The van der Waals surface area contributed by atoms with Crippen LogP contribution in [0.4, 0.5) is 0 Å². The Hall–Kier alpha value is -2.04. The van der Waals surface area contributed by atoms with Gasteiger partial charge in [0.25, 0.3) is 0 Å². The third-order valence-electron chi connectivity index (χ3n) is 3.53. The van der Waals surface area contributed by atoms with E-state index in [0.29, 0.717) is 13.0 Å². The second-order valence-electron chi connectivity index (χ2n) is 5.59. The van der Waals surface area contributed by atoms with Gasteiger partial charge in [-0.25, -0.2) is 0 Å². The molecule has 1 aromatic carbocycles. The number of methoxy groups -OCH3 is 2. The Labute approximate surface area is 132 Å². The van der Waals surface area contributed by atoms with Crippen LogP contribution in [-0.2, 0) is 20.7 Å². The maximum absolute atomic E-state index is 12.5. The zero-order valence-corrected chi connectivity index (χ0v) is 14.0. The molecule has 0 aromatic heterocycles. The SMILES string of the molecule is COC(=O)C(C)CN(C(=O)Cc1ccc(OC)cc1)C(C)C. The fourth-order valence-corrected chi connectivity index (χ4v) is 2.19. The van der Waals surface area contributed by atoms with Crippen molar-refractivity contribution >= 4 is 11.9 Å². The van der Waals surface area contributed by atoms with Gasteiger partial charge in [-0.1, -0.05) is 19.1 Å². The van der Waals surface area contributed by atoms with E-state index in [-0.39, 0.29) is 23.8 Å². The highest BCUT2D eigenvalue weighted by Crippen LogP contribution is 2.14. The molecule has 22 heavy (non-hydrogen) atoms.